The number of sulfonamides is 1. The summed E-state index contributed by atoms with van der Waals surface area (Å²) in [5.41, 5.74) is 1.83. The molecule has 1 amide bonds. The van der Waals surface area contributed by atoms with Gasteiger partial charge in [0.25, 0.3) is 5.91 Å². The van der Waals surface area contributed by atoms with E-state index in [1.54, 1.807) is 12.1 Å². The lowest BCUT2D eigenvalue weighted by atomic mass is 10.1. The number of hydrogen-bond acceptors (Lipinski definition) is 7. The van der Waals surface area contributed by atoms with Crippen molar-refractivity contribution in [2.24, 2.45) is 0 Å². The van der Waals surface area contributed by atoms with Crippen LogP contribution in [0.15, 0.2) is 41.3 Å². The average molecular weight is 489 g/mol. The van der Waals surface area contributed by atoms with Gasteiger partial charge in [0, 0.05) is 32.9 Å². The fourth-order valence-electron chi connectivity index (χ4n) is 3.86. The molecule has 33 heavy (non-hydrogen) atoms. The number of amides is 1. The Morgan fingerprint density at radius 2 is 1.91 bits per heavy atom. The summed E-state index contributed by atoms with van der Waals surface area (Å²) in [5.74, 6) is 0.371. The number of anilines is 2. The second kappa shape index (κ2) is 9.66. The topological polar surface area (TPSA) is 91.8 Å². The van der Waals surface area contributed by atoms with Crippen molar-refractivity contribution < 1.29 is 17.9 Å². The van der Waals surface area contributed by atoms with E-state index in [0.717, 1.165) is 58.3 Å². The molecule has 0 bridgehead atoms. The predicted molar refractivity (Wildman–Crippen MR) is 132 cm³/mol. The summed E-state index contributed by atoms with van der Waals surface area (Å²) in [5, 5.41) is 3.33. The van der Waals surface area contributed by atoms with Crippen LogP contribution in [0.5, 0.6) is 5.75 Å². The van der Waals surface area contributed by atoms with Crippen LogP contribution >= 0.6 is 11.3 Å². The monoisotopic (exact) mass is 488 g/mol. The fourth-order valence-corrected chi connectivity index (χ4v) is 5.68. The lowest BCUT2D eigenvalue weighted by Gasteiger charge is -2.30. The predicted octanol–water partition coefficient (Wildman–Crippen LogP) is 4.19. The molecule has 1 aromatic heterocycles. The van der Waals surface area contributed by atoms with E-state index in [1.165, 1.54) is 31.5 Å². The highest BCUT2D eigenvalue weighted by Crippen LogP contribution is 2.32. The Balaban J connectivity index is 1.69. The minimum absolute atomic E-state index is 0.0871. The van der Waals surface area contributed by atoms with Gasteiger partial charge in [0.1, 0.15) is 5.75 Å². The zero-order chi connectivity index (χ0) is 23.6. The summed E-state index contributed by atoms with van der Waals surface area (Å²) in [7, 11) is -0.721. The first-order valence-corrected chi connectivity index (χ1v) is 13.2. The second-order valence-electron chi connectivity index (χ2n) is 8.05. The van der Waals surface area contributed by atoms with Gasteiger partial charge in [-0.05, 0) is 62.6 Å². The van der Waals surface area contributed by atoms with Crippen molar-refractivity contribution in [3.8, 4) is 5.75 Å². The van der Waals surface area contributed by atoms with Crippen LogP contribution in [0.3, 0.4) is 0 Å². The molecular weight excluding hydrogens is 460 g/mol. The highest BCUT2D eigenvalue weighted by Gasteiger charge is 2.24. The van der Waals surface area contributed by atoms with Gasteiger partial charge in [0.15, 0.2) is 5.13 Å². The number of hydrogen-bond donors (Lipinski definition) is 1. The largest absolute Gasteiger partial charge is 0.494 e. The number of fused-ring (bicyclic) bond motifs is 1. The van der Waals surface area contributed by atoms with Crippen molar-refractivity contribution in [2.75, 3.05) is 44.0 Å². The molecule has 1 fully saturated rings. The number of aromatic nitrogens is 1. The first-order valence-electron chi connectivity index (χ1n) is 11.0. The van der Waals surface area contributed by atoms with Gasteiger partial charge in [-0.15, -0.1) is 0 Å². The first kappa shape index (κ1) is 23.5. The molecule has 1 saturated heterocycles. The van der Waals surface area contributed by atoms with Gasteiger partial charge in [-0.25, -0.2) is 17.7 Å². The number of ether oxygens (including phenoxy) is 1. The molecule has 1 N–H and O–H groups in total. The maximum Gasteiger partial charge on any atom is 0.259 e. The summed E-state index contributed by atoms with van der Waals surface area (Å²) in [4.78, 5) is 20.1. The number of rotatable bonds is 7. The third-order valence-electron chi connectivity index (χ3n) is 5.58. The molecule has 0 saturated carbocycles. The van der Waals surface area contributed by atoms with Crippen LogP contribution in [0, 0.1) is 0 Å². The molecule has 0 atom stereocenters. The number of nitrogens with zero attached hydrogens (tertiary/aromatic N) is 3. The van der Waals surface area contributed by atoms with E-state index in [4.69, 9.17) is 4.74 Å². The molecule has 2 heterocycles. The van der Waals surface area contributed by atoms with Gasteiger partial charge in [-0.1, -0.05) is 11.3 Å². The molecule has 0 spiro atoms. The van der Waals surface area contributed by atoms with Crippen LogP contribution in [0.4, 0.5) is 10.8 Å². The lowest BCUT2D eigenvalue weighted by Crippen LogP contribution is -2.32. The highest BCUT2D eigenvalue weighted by molar-refractivity contribution is 7.89. The molecule has 10 heteroatoms. The maximum absolute atomic E-state index is 13.4. The average Bonchev–Trinajstić information content (AvgIpc) is 3.20. The molecule has 0 radical (unpaired) electrons. The number of piperidine rings is 1. The van der Waals surface area contributed by atoms with Crippen molar-refractivity contribution >= 4 is 48.3 Å². The standard InChI is InChI=1S/C23H28N4O4S2/c1-4-31-16-8-10-19-21(14-16)32-23(24-19)25-22(28)18-15-17(33(29,30)26(2)3)9-11-20(18)27-12-6-5-7-13-27/h8-11,14-15H,4-7,12-13H2,1-3H3,(H,24,25,28). The molecule has 1 aliphatic heterocycles. The van der Waals surface area contributed by atoms with Crippen molar-refractivity contribution in [3.63, 3.8) is 0 Å². The molecule has 1 aliphatic rings. The number of benzene rings is 2. The van der Waals surface area contributed by atoms with Gasteiger partial charge in [-0.2, -0.15) is 0 Å². The van der Waals surface area contributed by atoms with Gasteiger partial charge in [0.2, 0.25) is 10.0 Å². The lowest BCUT2D eigenvalue weighted by molar-refractivity contribution is 0.102. The van der Waals surface area contributed by atoms with E-state index in [2.05, 4.69) is 15.2 Å². The molecule has 8 nitrogen and oxygen atoms in total. The van der Waals surface area contributed by atoms with E-state index in [9.17, 15) is 13.2 Å². The Morgan fingerprint density at radius 3 is 2.61 bits per heavy atom. The van der Waals surface area contributed by atoms with Crippen LogP contribution < -0.4 is 15.0 Å². The Morgan fingerprint density at radius 1 is 1.15 bits per heavy atom. The van der Waals surface area contributed by atoms with Gasteiger partial charge in [0.05, 0.1) is 27.3 Å². The summed E-state index contributed by atoms with van der Waals surface area (Å²) >= 11 is 1.35. The Hall–Kier alpha value is -2.69. The van der Waals surface area contributed by atoms with Crippen LogP contribution in [-0.4, -0.2) is 57.4 Å². The molecule has 3 aromatic rings. The SMILES string of the molecule is CCOc1ccc2nc(NC(=O)c3cc(S(=O)(=O)N(C)C)ccc3N3CCCCC3)sc2c1. The molecule has 0 unspecified atom stereocenters. The van der Waals surface area contributed by atoms with Gasteiger partial charge in [-0.3, -0.25) is 10.1 Å². The van der Waals surface area contributed by atoms with Crippen molar-refractivity contribution in [1.82, 2.24) is 9.29 Å². The minimum Gasteiger partial charge on any atom is -0.494 e. The first-order chi connectivity index (χ1) is 15.8. The van der Waals surface area contributed by atoms with Gasteiger partial charge < -0.3 is 9.64 Å². The van der Waals surface area contributed by atoms with Gasteiger partial charge >= 0.3 is 0 Å². The van der Waals surface area contributed by atoms with E-state index in [-0.39, 0.29) is 10.8 Å². The maximum atomic E-state index is 13.4. The van der Waals surface area contributed by atoms with E-state index in [1.807, 2.05) is 25.1 Å². The molecule has 2 aromatic carbocycles. The normalized spacial score (nSPS) is 14.6. The van der Waals surface area contributed by atoms with Crippen molar-refractivity contribution in [2.45, 2.75) is 31.1 Å². The Labute approximate surface area is 198 Å². The number of carbonyl (C=O) groups excluding carboxylic acids is 1. The Bertz CT molecular complexity index is 1260. The molecule has 4 rings (SSSR count). The van der Waals surface area contributed by atoms with Crippen molar-refractivity contribution in [3.05, 3.63) is 42.0 Å². The highest BCUT2D eigenvalue weighted by atomic mass is 32.2. The van der Waals surface area contributed by atoms with Crippen LogP contribution in [0.25, 0.3) is 10.2 Å². The zero-order valence-corrected chi connectivity index (χ0v) is 20.6. The van der Waals surface area contributed by atoms with Crippen LogP contribution in [0.2, 0.25) is 0 Å². The number of nitrogens with one attached hydrogen (secondary N) is 1. The second-order valence-corrected chi connectivity index (χ2v) is 11.2. The van der Waals surface area contributed by atoms with E-state index >= 15 is 0 Å². The van der Waals surface area contributed by atoms with Crippen LogP contribution in [-0.2, 0) is 10.0 Å². The third kappa shape index (κ3) is 4.97. The van der Waals surface area contributed by atoms with Crippen LogP contribution in [0.1, 0.15) is 36.5 Å². The molecule has 0 aliphatic carbocycles. The Kier molecular flexibility index (Phi) is 6.87. The van der Waals surface area contributed by atoms with E-state index in [0.29, 0.717) is 17.3 Å². The minimum atomic E-state index is -3.68. The van der Waals surface area contributed by atoms with Crippen molar-refractivity contribution in [1.29, 1.82) is 0 Å². The zero-order valence-electron chi connectivity index (χ0n) is 19.0. The summed E-state index contributed by atoms with van der Waals surface area (Å²) in [6, 6.07) is 10.4. The number of thiazole rings is 1. The molecule has 176 valence electrons. The smallest absolute Gasteiger partial charge is 0.259 e. The molecular formula is C23H28N4O4S2. The number of carbonyl (C=O) groups is 1. The van der Waals surface area contributed by atoms with E-state index < -0.39 is 10.0 Å². The quantitative estimate of drug-likeness (QED) is 0.536. The summed E-state index contributed by atoms with van der Waals surface area (Å²) in [6.45, 7) is 4.16. The summed E-state index contributed by atoms with van der Waals surface area (Å²) in [6.07, 6.45) is 3.23. The summed E-state index contributed by atoms with van der Waals surface area (Å²) < 4.78 is 33.0. The third-order valence-corrected chi connectivity index (χ3v) is 8.32. The fraction of sp³-hybridized carbons (Fsp3) is 0.391.